The van der Waals surface area contributed by atoms with Gasteiger partial charge in [0, 0.05) is 73.9 Å². The number of halogens is 2. The van der Waals surface area contributed by atoms with E-state index in [9.17, 15) is 14.4 Å². The molecule has 4 aromatic rings. The van der Waals surface area contributed by atoms with Gasteiger partial charge in [0.15, 0.2) is 5.82 Å². The predicted molar refractivity (Wildman–Crippen MR) is 200 cm³/mol. The first-order valence-corrected chi connectivity index (χ1v) is 18.9. The molecule has 0 N–H and O–H groups in total. The van der Waals surface area contributed by atoms with Crippen LogP contribution in [0.25, 0.3) is 16.8 Å². The first-order chi connectivity index (χ1) is 25.7. The van der Waals surface area contributed by atoms with Gasteiger partial charge in [-0.3, -0.25) is 9.69 Å². The van der Waals surface area contributed by atoms with Crippen molar-refractivity contribution in [1.82, 2.24) is 29.9 Å². The second-order valence-electron chi connectivity index (χ2n) is 14.9. The number of ether oxygens (including phenoxy) is 1. The third-order valence-electron chi connectivity index (χ3n) is 11.2. The average molecular weight is 740 g/mol. The predicted octanol–water partition coefficient (Wildman–Crippen LogP) is 5.95. The quantitative estimate of drug-likeness (QED) is 0.189. The molecule has 0 radical (unpaired) electrons. The first-order valence-electron chi connectivity index (χ1n) is 18.5. The molecule has 2 aromatic carbocycles. The van der Waals surface area contributed by atoms with Crippen LogP contribution in [0.4, 0.5) is 15.9 Å². The molecule has 0 unspecified atom stereocenters. The van der Waals surface area contributed by atoms with Crippen LogP contribution in [0, 0.1) is 11.3 Å². The van der Waals surface area contributed by atoms with E-state index < -0.39 is 6.17 Å². The Bertz CT molecular complexity index is 2080. The summed E-state index contributed by atoms with van der Waals surface area (Å²) in [5.74, 6) is 1.47. The summed E-state index contributed by atoms with van der Waals surface area (Å²) in [6, 6.07) is 14.3. The molecule has 2 aromatic heterocycles. The van der Waals surface area contributed by atoms with Gasteiger partial charge in [0.2, 0.25) is 5.91 Å². The Balaban J connectivity index is 1.08. The molecule has 6 heterocycles. The van der Waals surface area contributed by atoms with Crippen LogP contribution in [0.3, 0.4) is 0 Å². The van der Waals surface area contributed by atoms with Crippen LogP contribution in [-0.2, 0) is 17.8 Å². The van der Waals surface area contributed by atoms with E-state index >= 15 is 0 Å². The lowest BCUT2D eigenvalue weighted by Gasteiger charge is -2.42. The summed E-state index contributed by atoms with van der Waals surface area (Å²) in [6.45, 7) is 8.12. The smallest absolute Gasteiger partial charge is 0.318 e. The largest absolute Gasteiger partial charge is 0.461 e. The number of rotatable bonds is 9. The molecule has 8 rings (SSSR count). The molecule has 276 valence electrons. The highest BCUT2D eigenvalue weighted by Gasteiger charge is 2.49. The number of hydrogen-bond donors (Lipinski definition) is 0. The number of piperazine rings is 1. The highest BCUT2D eigenvalue weighted by Crippen LogP contribution is 2.41. The molecule has 0 bridgehead atoms. The fourth-order valence-corrected chi connectivity index (χ4v) is 8.79. The van der Waals surface area contributed by atoms with Crippen molar-refractivity contribution < 1.29 is 18.4 Å². The third-order valence-corrected chi connectivity index (χ3v) is 11.5. The Morgan fingerprint density at radius 3 is 2.79 bits per heavy atom. The van der Waals surface area contributed by atoms with Crippen LogP contribution in [0.1, 0.15) is 68.4 Å². The Morgan fingerprint density at radius 2 is 1.98 bits per heavy atom. The lowest BCUT2D eigenvalue weighted by molar-refractivity contribution is -0.128. The van der Waals surface area contributed by atoms with Gasteiger partial charge in [-0.2, -0.15) is 20.2 Å². The Hall–Kier alpha value is -4.80. The van der Waals surface area contributed by atoms with Gasteiger partial charge in [0.05, 0.1) is 41.3 Å². The van der Waals surface area contributed by atoms with Crippen LogP contribution in [0.5, 0.6) is 6.01 Å². The maximum atomic E-state index is 14.6. The summed E-state index contributed by atoms with van der Waals surface area (Å²) >= 11 is 6.75. The van der Waals surface area contributed by atoms with Crippen molar-refractivity contribution >= 4 is 45.9 Å². The van der Waals surface area contributed by atoms with Crippen LogP contribution < -0.4 is 14.5 Å². The molecule has 53 heavy (non-hydrogen) atoms. The molecule has 0 spiro atoms. The number of fused-ring (bicyclic) bond motifs is 3. The number of benzene rings is 2. The van der Waals surface area contributed by atoms with Gasteiger partial charge < -0.3 is 24.0 Å². The van der Waals surface area contributed by atoms with Crippen LogP contribution in [-0.4, -0.2) is 99.4 Å². The lowest BCUT2D eigenvalue weighted by atomic mass is 9.95. The normalized spacial score (nSPS) is 23.2. The number of nitrogens with zero attached hydrogens (tertiary/aromatic N) is 9. The molecule has 0 aliphatic carbocycles. The van der Waals surface area contributed by atoms with Gasteiger partial charge in [-0.15, -0.1) is 0 Å². The van der Waals surface area contributed by atoms with Crippen LogP contribution >= 0.6 is 11.6 Å². The van der Waals surface area contributed by atoms with Gasteiger partial charge in [-0.25, -0.2) is 4.39 Å². The minimum Gasteiger partial charge on any atom is -0.461 e. The van der Waals surface area contributed by atoms with Crippen molar-refractivity contribution in [2.24, 2.45) is 0 Å². The Labute approximate surface area is 313 Å². The zero-order valence-electron chi connectivity index (χ0n) is 30.0. The fraction of sp³-hybridized carbons (Fsp3) is 0.487. The molecule has 3 atom stereocenters. The van der Waals surface area contributed by atoms with Gasteiger partial charge in [0.1, 0.15) is 18.6 Å². The van der Waals surface area contributed by atoms with Crippen molar-refractivity contribution in [3.8, 4) is 12.1 Å². The molecular formula is C39H43ClFN9O3. The van der Waals surface area contributed by atoms with E-state index in [0.29, 0.717) is 63.0 Å². The standard InChI is InChI=1S/C39H43ClFN9O3/c1-25(2)36-44-33(53-46-36)10-11-34(51)50-19-18-48(22-28(50)12-15-42)37-29-13-17-47(32-9-4-7-26-6-3-8-30(40)35(26)32)23-31(29)43-38(45-37)52-24-39-14-5-16-49(39)21-27(41)20-39/h3-4,6-11,25,27-28H,5,12-14,16-24H2,1-2H3/b11-10+/t27-,28+,39+/m1/s1. The number of nitriles is 1. The summed E-state index contributed by atoms with van der Waals surface area (Å²) in [6.07, 6.45) is 5.27. The number of hydrogen-bond acceptors (Lipinski definition) is 11. The first kappa shape index (κ1) is 35.2. The zero-order valence-corrected chi connectivity index (χ0v) is 30.8. The maximum Gasteiger partial charge on any atom is 0.318 e. The molecule has 12 nitrogen and oxygen atoms in total. The fourth-order valence-electron chi connectivity index (χ4n) is 8.51. The van der Waals surface area contributed by atoms with Crippen molar-refractivity contribution in [2.45, 2.75) is 76.2 Å². The van der Waals surface area contributed by atoms with Crippen molar-refractivity contribution in [3.05, 3.63) is 70.5 Å². The minimum absolute atomic E-state index is 0.102. The summed E-state index contributed by atoms with van der Waals surface area (Å²) in [4.78, 5) is 36.3. The molecule has 0 saturated carbocycles. The van der Waals surface area contributed by atoms with E-state index in [1.165, 1.54) is 12.2 Å². The molecule has 1 amide bonds. The van der Waals surface area contributed by atoms with Crippen molar-refractivity contribution in [1.29, 1.82) is 5.26 Å². The summed E-state index contributed by atoms with van der Waals surface area (Å²) in [7, 11) is 0. The number of carbonyl (C=O) groups is 1. The topological polar surface area (TPSA) is 128 Å². The Morgan fingerprint density at radius 1 is 1.13 bits per heavy atom. The van der Waals surface area contributed by atoms with E-state index in [1.807, 2.05) is 32.0 Å². The van der Waals surface area contributed by atoms with E-state index in [4.69, 9.17) is 30.8 Å². The van der Waals surface area contributed by atoms with Gasteiger partial charge in [-0.1, -0.05) is 54.9 Å². The third kappa shape index (κ3) is 6.90. The van der Waals surface area contributed by atoms with E-state index in [-0.39, 0.29) is 41.7 Å². The summed E-state index contributed by atoms with van der Waals surface area (Å²) in [5.41, 5.74) is 2.57. The second kappa shape index (κ2) is 14.6. The minimum atomic E-state index is -0.865. The van der Waals surface area contributed by atoms with Crippen LogP contribution in [0.2, 0.25) is 5.02 Å². The molecule has 4 aliphatic rings. The van der Waals surface area contributed by atoms with E-state index in [2.05, 4.69) is 49.1 Å². The maximum absolute atomic E-state index is 14.6. The van der Waals surface area contributed by atoms with Gasteiger partial charge >= 0.3 is 6.01 Å². The van der Waals surface area contributed by atoms with E-state index in [0.717, 1.165) is 59.5 Å². The Kier molecular flexibility index (Phi) is 9.68. The molecule has 3 fully saturated rings. The molecule has 3 saturated heterocycles. The zero-order chi connectivity index (χ0) is 36.7. The van der Waals surface area contributed by atoms with Crippen molar-refractivity contribution in [3.63, 3.8) is 0 Å². The SMILES string of the molecule is CC(C)c1noc(/C=C/C(=O)N2CCN(c3nc(OC[C@@]45CCCN4C[C@H](F)C5)nc4c3CCN(c3cccc5cccc(Cl)c35)C4)C[C@@H]2CC#N)n1. The highest BCUT2D eigenvalue weighted by molar-refractivity contribution is 6.36. The van der Waals surface area contributed by atoms with Crippen molar-refractivity contribution in [2.75, 3.05) is 55.7 Å². The second-order valence-corrected chi connectivity index (χ2v) is 15.3. The number of alkyl halides is 1. The average Bonchev–Trinajstić information content (AvgIpc) is 3.87. The molecule has 14 heteroatoms. The van der Waals surface area contributed by atoms with Crippen LogP contribution in [0.15, 0.2) is 47.0 Å². The lowest BCUT2D eigenvalue weighted by Crippen LogP contribution is -2.55. The summed E-state index contributed by atoms with van der Waals surface area (Å²) in [5, 5.41) is 16.6. The van der Waals surface area contributed by atoms with E-state index in [1.54, 1.807) is 4.90 Å². The van der Waals surface area contributed by atoms with Gasteiger partial charge in [0.25, 0.3) is 5.89 Å². The molecular weight excluding hydrogens is 697 g/mol. The highest BCUT2D eigenvalue weighted by atomic mass is 35.5. The summed E-state index contributed by atoms with van der Waals surface area (Å²) < 4.78 is 26.4. The number of anilines is 2. The number of aromatic nitrogens is 4. The molecule has 4 aliphatic heterocycles. The number of amides is 1. The van der Waals surface area contributed by atoms with Gasteiger partial charge in [-0.05, 0) is 43.3 Å². The number of carbonyl (C=O) groups excluding carboxylic acids is 1. The monoisotopic (exact) mass is 739 g/mol.